The van der Waals surface area contributed by atoms with Crippen LogP contribution in [0.3, 0.4) is 0 Å². The van der Waals surface area contributed by atoms with Gasteiger partial charge < -0.3 is 14.6 Å². The van der Waals surface area contributed by atoms with Crippen LogP contribution in [-0.2, 0) is 9.47 Å². The van der Waals surface area contributed by atoms with Gasteiger partial charge in [0, 0.05) is 20.2 Å². The van der Waals surface area contributed by atoms with E-state index in [1.54, 1.807) is 7.11 Å². The molecule has 4 nitrogen and oxygen atoms in total. The van der Waals surface area contributed by atoms with Gasteiger partial charge in [0.2, 0.25) is 0 Å². The van der Waals surface area contributed by atoms with Gasteiger partial charge in [0.25, 0.3) is 0 Å². The summed E-state index contributed by atoms with van der Waals surface area (Å²) in [6, 6.07) is 0.184. The zero-order valence-electron chi connectivity index (χ0n) is 8.19. The van der Waals surface area contributed by atoms with E-state index in [2.05, 4.69) is 11.8 Å². The lowest BCUT2D eigenvalue weighted by atomic mass is 9.93. The van der Waals surface area contributed by atoms with Gasteiger partial charge >= 0.3 is 0 Å². The minimum absolute atomic E-state index is 0.0116. The molecule has 0 saturated carbocycles. The van der Waals surface area contributed by atoms with Crippen LogP contribution < -0.4 is 0 Å². The molecule has 13 heavy (non-hydrogen) atoms. The molecule has 2 aliphatic heterocycles. The number of nitrogens with zero attached hydrogens (tertiary/aromatic N) is 1. The molecule has 0 aromatic carbocycles. The molecule has 0 aliphatic carbocycles. The summed E-state index contributed by atoms with van der Waals surface area (Å²) in [6.45, 7) is 5.01. The first-order valence-electron chi connectivity index (χ1n) is 4.70. The van der Waals surface area contributed by atoms with E-state index in [-0.39, 0.29) is 17.7 Å². The van der Waals surface area contributed by atoms with E-state index in [1.807, 2.05) is 0 Å². The van der Waals surface area contributed by atoms with E-state index in [4.69, 9.17) is 9.47 Å². The third-order valence-electron chi connectivity index (χ3n) is 3.06. The van der Waals surface area contributed by atoms with Crippen LogP contribution in [0.4, 0.5) is 0 Å². The summed E-state index contributed by atoms with van der Waals surface area (Å²) in [7, 11) is 1.74. The predicted molar refractivity (Wildman–Crippen MR) is 47.6 cm³/mol. The molecular weight excluding hydrogens is 170 g/mol. The lowest BCUT2D eigenvalue weighted by molar-refractivity contribution is -0.135. The summed E-state index contributed by atoms with van der Waals surface area (Å²) in [5.41, 5.74) is -0.0116. The number of rotatable bonds is 2. The molecule has 0 spiro atoms. The van der Waals surface area contributed by atoms with Crippen LogP contribution >= 0.6 is 0 Å². The van der Waals surface area contributed by atoms with Crippen LogP contribution in [0.15, 0.2) is 0 Å². The number of likely N-dealkylation sites (tertiary alicyclic amines) is 1. The van der Waals surface area contributed by atoms with Crippen molar-refractivity contribution < 1.29 is 14.6 Å². The Balaban J connectivity index is 1.85. The molecule has 0 bridgehead atoms. The molecule has 0 aromatic heterocycles. The highest BCUT2D eigenvalue weighted by Crippen LogP contribution is 2.28. The first kappa shape index (κ1) is 9.40. The first-order valence-corrected chi connectivity index (χ1v) is 4.70. The van der Waals surface area contributed by atoms with Gasteiger partial charge in [-0.3, -0.25) is 4.90 Å². The third-order valence-corrected chi connectivity index (χ3v) is 3.06. The molecule has 0 amide bonds. The summed E-state index contributed by atoms with van der Waals surface area (Å²) in [4.78, 5) is 2.22. The topological polar surface area (TPSA) is 41.9 Å². The Morgan fingerprint density at radius 3 is 2.62 bits per heavy atom. The Morgan fingerprint density at radius 2 is 2.15 bits per heavy atom. The molecule has 2 saturated heterocycles. The maximum absolute atomic E-state index is 9.56. The number of ether oxygens (including phenoxy) is 2. The SMILES string of the molecule is COC1(C)CN(C2COCC2O)C1. The van der Waals surface area contributed by atoms with Crippen molar-refractivity contribution in [2.24, 2.45) is 0 Å². The van der Waals surface area contributed by atoms with Gasteiger partial charge in [0.15, 0.2) is 0 Å². The van der Waals surface area contributed by atoms with E-state index < -0.39 is 0 Å². The lowest BCUT2D eigenvalue weighted by Crippen LogP contribution is -2.65. The van der Waals surface area contributed by atoms with E-state index >= 15 is 0 Å². The maximum Gasteiger partial charge on any atom is 0.0950 e. The summed E-state index contributed by atoms with van der Waals surface area (Å²) in [5, 5.41) is 9.56. The highest BCUT2D eigenvalue weighted by Gasteiger charge is 2.45. The molecule has 1 N–H and O–H groups in total. The van der Waals surface area contributed by atoms with Crippen molar-refractivity contribution in [3.8, 4) is 0 Å². The average Bonchev–Trinajstić information content (AvgIpc) is 2.46. The van der Waals surface area contributed by atoms with Crippen LogP contribution in [0.2, 0.25) is 0 Å². The zero-order valence-corrected chi connectivity index (χ0v) is 8.19. The van der Waals surface area contributed by atoms with Crippen LogP contribution in [0.5, 0.6) is 0 Å². The minimum Gasteiger partial charge on any atom is -0.389 e. The molecule has 2 rings (SSSR count). The number of aliphatic hydroxyl groups excluding tert-OH is 1. The number of aliphatic hydroxyl groups is 1. The Kier molecular flexibility index (Phi) is 2.32. The van der Waals surface area contributed by atoms with E-state index in [0.29, 0.717) is 13.2 Å². The molecule has 2 heterocycles. The molecular formula is C9H17NO3. The highest BCUT2D eigenvalue weighted by molar-refractivity contribution is 4.99. The molecule has 2 fully saturated rings. The monoisotopic (exact) mass is 187 g/mol. The van der Waals surface area contributed by atoms with Crippen molar-refractivity contribution in [3.05, 3.63) is 0 Å². The summed E-state index contributed by atoms with van der Waals surface area (Å²) in [6.07, 6.45) is -0.318. The smallest absolute Gasteiger partial charge is 0.0950 e. The summed E-state index contributed by atoms with van der Waals surface area (Å²) >= 11 is 0. The quantitative estimate of drug-likeness (QED) is 0.631. The zero-order chi connectivity index (χ0) is 9.47. The minimum atomic E-state index is -0.318. The normalized spacial score (nSPS) is 39.0. The lowest BCUT2D eigenvalue weighted by Gasteiger charge is -2.49. The van der Waals surface area contributed by atoms with Crippen LogP contribution in [0.1, 0.15) is 6.92 Å². The number of hydrogen-bond donors (Lipinski definition) is 1. The van der Waals surface area contributed by atoms with Gasteiger partial charge in [-0.05, 0) is 6.92 Å². The van der Waals surface area contributed by atoms with Crippen molar-refractivity contribution in [1.29, 1.82) is 0 Å². The average molecular weight is 187 g/mol. The van der Waals surface area contributed by atoms with Gasteiger partial charge in [-0.25, -0.2) is 0 Å². The van der Waals surface area contributed by atoms with Crippen molar-refractivity contribution in [3.63, 3.8) is 0 Å². The van der Waals surface area contributed by atoms with E-state index in [0.717, 1.165) is 13.1 Å². The van der Waals surface area contributed by atoms with Gasteiger partial charge in [-0.1, -0.05) is 0 Å². The van der Waals surface area contributed by atoms with Gasteiger partial charge in [0.1, 0.15) is 0 Å². The Hall–Kier alpha value is -0.160. The number of hydrogen-bond acceptors (Lipinski definition) is 4. The fourth-order valence-corrected chi connectivity index (χ4v) is 2.06. The van der Waals surface area contributed by atoms with Crippen LogP contribution in [0, 0.1) is 0 Å². The van der Waals surface area contributed by atoms with E-state index in [9.17, 15) is 5.11 Å². The Bertz CT molecular complexity index is 191. The standard InChI is InChI=1S/C9H17NO3/c1-9(12-2)5-10(6-9)7-3-13-4-8(7)11/h7-8,11H,3-6H2,1-2H3. The van der Waals surface area contributed by atoms with Crippen molar-refractivity contribution in [2.75, 3.05) is 33.4 Å². The summed E-state index contributed by atoms with van der Waals surface area (Å²) < 4.78 is 10.5. The van der Waals surface area contributed by atoms with E-state index in [1.165, 1.54) is 0 Å². The first-order chi connectivity index (χ1) is 6.14. The molecule has 2 unspecified atom stereocenters. The second-order valence-electron chi connectivity index (χ2n) is 4.23. The summed E-state index contributed by atoms with van der Waals surface area (Å²) in [5.74, 6) is 0. The maximum atomic E-state index is 9.56. The van der Waals surface area contributed by atoms with Crippen molar-refractivity contribution in [2.45, 2.75) is 24.7 Å². The molecule has 76 valence electrons. The van der Waals surface area contributed by atoms with Gasteiger partial charge in [0.05, 0.1) is 31.0 Å². The van der Waals surface area contributed by atoms with Gasteiger partial charge in [-0.2, -0.15) is 0 Å². The Labute approximate surface area is 78.4 Å². The van der Waals surface area contributed by atoms with Crippen LogP contribution in [-0.4, -0.2) is 61.2 Å². The predicted octanol–water partition coefficient (Wildman–Crippen LogP) is -0.533. The molecule has 4 heteroatoms. The largest absolute Gasteiger partial charge is 0.389 e. The van der Waals surface area contributed by atoms with Crippen molar-refractivity contribution >= 4 is 0 Å². The fourth-order valence-electron chi connectivity index (χ4n) is 2.06. The second-order valence-corrected chi connectivity index (χ2v) is 4.23. The highest BCUT2D eigenvalue weighted by atomic mass is 16.5. The fraction of sp³-hybridized carbons (Fsp3) is 1.00. The molecule has 2 atom stereocenters. The Morgan fingerprint density at radius 1 is 1.46 bits per heavy atom. The second kappa shape index (κ2) is 3.20. The third kappa shape index (κ3) is 1.59. The van der Waals surface area contributed by atoms with Crippen LogP contribution in [0.25, 0.3) is 0 Å². The number of methoxy groups -OCH3 is 1. The molecule has 0 aromatic rings. The molecule has 0 radical (unpaired) electrons. The van der Waals surface area contributed by atoms with Crippen molar-refractivity contribution in [1.82, 2.24) is 4.90 Å². The molecule has 2 aliphatic rings. The van der Waals surface area contributed by atoms with Gasteiger partial charge in [-0.15, -0.1) is 0 Å².